The first-order valence-electron chi connectivity index (χ1n) is 7.98. The topological polar surface area (TPSA) is 64.1 Å². The summed E-state index contributed by atoms with van der Waals surface area (Å²) in [6.07, 6.45) is 6.79. The molecule has 0 bridgehead atoms. The molecule has 0 atom stereocenters. The highest BCUT2D eigenvalue weighted by Crippen LogP contribution is 2.26. The summed E-state index contributed by atoms with van der Waals surface area (Å²) in [5.74, 6) is 0.625. The Morgan fingerprint density at radius 2 is 1.72 bits per heavy atom. The van der Waals surface area contributed by atoms with Gasteiger partial charge >= 0.3 is 0 Å². The number of carbonyl (C=O) groups excluding carboxylic acids is 1. The van der Waals surface area contributed by atoms with Gasteiger partial charge in [0.05, 0.1) is 11.9 Å². The van der Waals surface area contributed by atoms with Crippen LogP contribution in [0.1, 0.15) is 27.0 Å². The fraction of sp³-hybridized carbons (Fsp3) is 0.150. The van der Waals surface area contributed by atoms with E-state index in [1.807, 2.05) is 38.1 Å². The van der Waals surface area contributed by atoms with Crippen LogP contribution in [0.15, 0.2) is 61.2 Å². The van der Waals surface area contributed by atoms with E-state index in [1.165, 1.54) is 0 Å². The van der Waals surface area contributed by atoms with Crippen LogP contribution in [0.2, 0.25) is 0 Å². The maximum Gasteiger partial charge on any atom is 0.255 e. The van der Waals surface area contributed by atoms with Crippen molar-refractivity contribution in [3.63, 3.8) is 0 Å². The first kappa shape index (κ1) is 16.6. The van der Waals surface area contributed by atoms with Gasteiger partial charge in [0.15, 0.2) is 0 Å². The minimum absolute atomic E-state index is 0.169. The van der Waals surface area contributed by atoms with E-state index < -0.39 is 0 Å². The highest BCUT2D eigenvalue weighted by atomic mass is 16.5. The summed E-state index contributed by atoms with van der Waals surface area (Å²) >= 11 is 0. The van der Waals surface area contributed by atoms with Crippen molar-refractivity contribution in [3.05, 3.63) is 83.4 Å². The monoisotopic (exact) mass is 333 g/mol. The Bertz CT molecular complexity index is 842. The lowest BCUT2D eigenvalue weighted by molar-refractivity contribution is 0.102. The van der Waals surface area contributed by atoms with Crippen molar-refractivity contribution >= 4 is 11.6 Å². The Kier molecular flexibility index (Phi) is 5.04. The Morgan fingerprint density at radius 3 is 2.32 bits per heavy atom. The van der Waals surface area contributed by atoms with Gasteiger partial charge in [-0.05, 0) is 55.3 Å². The van der Waals surface area contributed by atoms with Crippen LogP contribution in [0.4, 0.5) is 5.69 Å². The fourth-order valence-electron chi connectivity index (χ4n) is 2.59. The van der Waals surface area contributed by atoms with E-state index in [4.69, 9.17) is 4.74 Å². The van der Waals surface area contributed by atoms with Gasteiger partial charge in [0, 0.05) is 29.7 Å². The predicted molar refractivity (Wildman–Crippen MR) is 96.7 cm³/mol. The second-order valence-corrected chi connectivity index (χ2v) is 5.78. The molecular formula is C20H19N3O2. The van der Waals surface area contributed by atoms with Crippen LogP contribution in [0, 0.1) is 13.8 Å². The molecule has 1 amide bonds. The third-order valence-electron chi connectivity index (χ3n) is 3.75. The van der Waals surface area contributed by atoms with Gasteiger partial charge in [-0.25, -0.2) is 0 Å². The third kappa shape index (κ3) is 4.20. The average molecular weight is 333 g/mol. The summed E-state index contributed by atoms with van der Waals surface area (Å²) in [5, 5.41) is 2.84. The van der Waals surface area contributed by atoms with Crippen molar-refractivity contribution in [1.29, 1.82) is 0 Å². The fourth-order valence-corrected chi connectivity index (χ4v) is 2.59. The second kappa shape index (κ2) is 7.57. The molecule has 126 valence electrons. The lowest BCUT2D eigenvalue weighted by Gasteiger charge is -2.14. The Labute approximate surface area is 146 Å². The van der Waals surface area contributed by atoms with Gasteiger partial charge in [-0.15, -0.1) is 0 Å². The Balaban J connectivity index is 1.74. The molecule has 5 heteroatoms. The SMILES string of the molecule is Cc1cc(C(=O)Nc2cccnc2)cc(C)c1OCc1cccnc1. The standard InChI is InChI=1S/C20H19N3O2/c1-14-9-17(20(24)23-18-6-4-8-22-12-18)10-15(2)19(14)25-13-16-5-3-7-21-11-16/h3-12H,13H2,1-2H3,(H,23,24). The number of rotatable bonds is 5. The molecule has 0 saturated heterocycles. The number of nitrogens with one attached hydrogen (secondary N) is 1. The lowest BCUT2D eigenvalue weighted by atomic mass is 10.0. The molecule has 3 aromatic rings. The van der Waals surface area contributed by atoms with Crippen molar-refractivity contribution in [3.8, 4) is 5.75 Å². The third-order valence-corrected chi connectivity index (χ3v) is 3.75. The van der Waals surface area contributed by atoms with Crippen LogP contribution in [0.25, 0.3) is 0 Å². The Hall–Kier alpha value is -3.21. The first-order chi connectivity index (χ1) is 12.1. The molecule has 0 radical (unpaired) electrons. The molecule has 0 aliphatic heterocycles. The summed E-state index contributed by atoms with van der Waals surface area (Å²) in [6, 6.07) is 11.1. The van der Waals surface area contributed by atoms with E-state index in [0.29, 0.717) is 17.9 Å². The number of ether oxygens (including phenoxy) is 1. The van der Waals surface area contributed by atoms with Gasteiger partial charge < -0.3 is 10.1 Å². The Morgan fingerprint density at radius 1 is 1.04 bits per heavy atom. The molecule has 5 nitrogen and oxygen atoms in total. The molecule has 2 heterocycles. The average Bonchev–Trinajstić information content (AvgIpc) is 2.62. The molecule has 0 aliphatic carbocycles. The molecule has 3 rings (SSSR count). The van der Waals surface area contributed by atoms with E-state index >= 15 is 0 Å². The maximum atomic E-state index is 12.4. The van der Waals surface area contributed by atoms with Gasteiger partial charge in [0.2, 0.25) is 0 Å². The van der Waals surface area contributed by atoms with Crippen molar-refractivity contribution in [2.75, 3.05) is 5.32 Å². The molecule has 0 spiro atoms. The number of anilines is 1. The van der Waals surface area contributed by atoms with E-state index in [1.54, 1.807) is 36.9 Å². The van der Waals surface area contributed by atoms with Crippen LogP contribution in [-0.4, -0.2) is 15.9 Å². The smallest absolute Gasteiger partial charge is 0.255 e. The van der Waals surface area contributed by atoms with Gasteiger partial charge in [-0.1, -0.05) is 6.07 Å². The van der Waals surface area contributed by atoms with Crippen molar-refractivity contribution < 1.29 is 9.53 Å². The molecule has 0 saturated carbocycles. The maximum absolute atomic E-state index is 12.4. The normalized spacial score (nSPS) is 10.3. The van der Waals surface area contributed by atoms with E-state index in [9.17, 15) is 4.79 Å². The number of nitrogens with zero attached hydrogens (tertiary/aromatic N) is 2. The molecule has 25 heavy (non-hydrogen) atoms. The number of hydrogen-bond acceptors (Lipinski definition) is 4. The number of amides is 1. The van der Waals surface area contributed by atoms with E-state index in [0.717, 1.165) is 22.4 Å². The van der Waals surface area contributed by atoms with Crippen LogP contribution in [-0.2, 0) is 6.61 Å². The molecule has 1 aromatic carbocycles. The van der Waals surface area contributed by atoms with Gasteiger partial charge in [-0.3, -0.25) is 14.8 Å². The molecule has 0 fully saturated rings. The van der Waals surface area contributed by atoms with Crippen LogP contribution < -0.4 is 10.1 Å². The summed E-state index contributed by atoms with van der Waals surface area (Å²) in [4.78, 5) is 20.5. The number of hydrogen-bond donors (Lipinski definition) is 1. The predicted octanol–water partition coefficient (Wildman–Crippen LogP) is 3.92. The first-order valence-corrected chi connectivity index (χ1v) is 7.98. The number of carbonyl (C=O) groups is 1. The highest BCUT2D eigenvalue weighted by molar-refractivity contribution is 6.04. The second-order valence-electron chi connectivity index (χ2n) is 5.78. The van der Waals surface area contributed by atoms with Gasteiger partial charge in [0.1, 0.15) is 12.4 Å². The van der Waals surface area contributed by atoms with Gasteiger partial charge in [-0.2, -0.15) is 0 Å². The van der Waals surface area contributed by atoms with Crippen LogP contribution in [0.5, 0.6) is 5.75 Å². The summed E-state index contributed by atoms with van der Waals surface area (Å²) in [5.41, 5.74) is 4.09. The molecular weight excluding hydrogens is 314 g/mol. The minimum atomic E-state index is -0.169. The number of aromatic nitrogens is 2. The summed E-state index contributed by atoms with van der Waals surface area (Å²) < 4.78 is 5.92. The van der Waals surface area contributed by atoms with Crippen LogP contribution in [0.3, 0.4) is 0 Å². The zero-order valence-corrected chi connectivity index (χ0v) is 14.2. The lowest BCUT2D eigenvalue weighted by Crippen LogP contribution is -2.13. The molecule has 1 N–H and O–H groups in total. The molecule has 0 unspecified atom stereocenters. The van der Waals surface area contributed by atoms with Crippen molar-refractivity contribution in [1.82, 2.24) is 9.97 Å². The zero-order valence-electron chi connectivity index (χ0n) is 14.2. The zero-order chi connectivity index (χ0) is 17.6. The van der Waals surface area contributed by atoms with Crippen LogP contribution >= 0.6 is 0 Å². The number of aryl methyl sites for hydroxylation is 2. The summed E-state index contributed by atoms with van der Waals surface area (Å²) in [7, 11) is 0. The number of pyridine rings is 2. The molecule has 2 aromatic heterocycles. The largest absolute Gasteiger partial charge is 0.488 e. The van der Waals surface area contributed by atoms with E-state index in [-0.39, 0.29) is 5.91 Å². The van der Waals surface area contributed by atoms with Gasteiger partial charge in [0.25, 0.3) is 5.91 Å². The minimum Gasteiger partial charge on any atom is -0.488 e. The summed E-state index contributed by atoms with van der Waals surface area (Å²) in [6.45, 7) is 4.32. The van der Waals surface area contributed by atoms with E-state index in [2.05, 4.69) is 15.3 Å². The van der Waals surface area contributed by atoms with Crippen molar-refractivity contribution in [2.24, 2.45) is 0 Å². The van der Waals surface area contributed by atoms with Crippen molar-refractivity contribution in [2.45, 2.75) is 20.5 Å². The highest BCUT2D eigenvalue weighted by Gasteiger charge is 2.12. The quantitative estimate of drug-likeness (QED) is 0.768. The molecule has 0 aliphatic rings. The number of benzene rings is 1.